The van der Waals surface area contributed by atoms with Crippen LogP contribution in [0.15, 0.2) is 4.99 Å². The summed E-state index contributed by atoms with van der Waals surface area (Å²) in [5.41, 5.74) is -0.978. The summed E-state index contributed by atoms with van der Waals surface area (Å²) in [4.78, 5) is 14.8. The van der Waals surface area contributed by atoms with Crippen LogP contribution in [0.4, 0.5) is 4.79 Å². The van der Waals surface area contributed by atoms with Crippen molar-refractivity contribution in [2.45, 2.75) is 19.4 Å². The van der Waals surface area contributed by atoms with Gasteiger partial charge in [0.2, 0.25) is 0 Å². The summed E-state index contributed by atoms with van der Waals surface area (Å²) in [6.07, 6.45) is 0. The highest BCUT2D eigenvalue weighted by atomic mass is 32.2. The van der Waals surface area contributed by atoms with E-state index in [0.717, 1.165) is 0 Å². The van der Waals surface area contributed by atoms with Gasteiger partial charge in [0.05, 0.1) is 5.75 Å². The molecule has 1 aliphatic rings. The minimum atomic E-state index is -0.978. The number of carbonyl (C=O) groups is 1. The Morgan fingerprint density at radius 3 is 2.93 bits per heavy atom. The molecule has 1 rings (SSSR count). The van der Waals surface area contributed by atoms with Crippen LogP contribution in [0.5, 0.6) is 0 Å². The highest BCUT2D eigenvalue weighted by Gasteiger charge is 2.15. The van der Waals surface area contributed by atoms with Gasteiger partial charge in [0.1, 0.15) is 18.0 Å². The van der Waals surface area contributed by atoms with E-state index in [1.807, 2.05) is 0 Å². The van der Waals surface area contributed by atoms with Crippen LogP contribution in [0, 0.1) is 11.8 Å². The van der Waals surface area contributed by atoms with Crippen molar-refractivity contribution in [3.8, 4) is 11.8 Å². The van der Waals surface area contributed by atoms with Crippen LogP contribution in [0.25, 0.3) is 0 Å². The zero-order valence-electron chi connectivity index (χ0n) is 8.13. The fourth-order valence-electron chi connectivity index (χ4n) is 0.800. The van der Waals surface area contributed by atoms with Crippen molar-refractivity contribution in [2.24, 2.45) is 4.99 Å². The minimum absolute atomic E-state index is 0.0702. The van der Waals surface area contributed by atoms with E-state index >= 15 is 0 Å². The number of thioether (sulfide) groups is 1. The second-order valence-corrected chi connectivity index (χ2v) is 4.27. The van der Waals surface area contributed by atoms with Crippen molar-refractivity contribution in [1.82, 2.24) is 5.32 Å². The molecule has 0 aliphatic carbocycles. The molecular weight excluding hydrogens is 200 g/mol. The summed E-state index contributed by atoms with van der Waals surface area (Å²) < 4.78 is 0. The van der Waals surface area contributed by atoms with E-state index in [9.17, 15) is 9.90 Å². The monoisotopic (exact) mass is 212 g/mol. The van der Waals surface area contributed by atoms with Gasteiger partial charge in [0.25, 0.3) is 5.24 Å². The van der Waals surface area contributed by atoms with Gasteiger partial charge in [-0.2, -0.15) is 0 Å². The maximum atomic E-state index is 10.7. The van der Waals surface area contributed by atoms with E-state index in [2.05, 4.69) is 22.2 Å². The molecule has 76 valence electrons. The van der Waals surface area contributed by atoms with E-state index < -0.39 is 5.60 Å². The van der Waals surface area contributed by atoms with Gasteiger partial charge in [-0.1, -0.05) is 23.6 Å². The van der Waals surface area contributed by atoms with Crippen LogP contribution in [-0.2, 0) is 0 Å². The minimum Gasteiger partial charge on any atom is -0.378 e. The van der Waals surface area contributed by atoms with Gasteiger partial charge in [-0.05, 0) is 13.8 Å². The van der Waals surface area contributed by atoms with E-state index in [1.165, 1.54) is 11.8 Å². The van der Waals surface area contributed by atoms with Gasteiger partial charge in [-0.3, -0.25) is 9.79 Å². The average Bonchev–Trinajstić information content (AvgIpc) is 2.44. The van der Waals surface area contributed by atoms with Gasteiger partial charge in [0, 0.05) is 0 Å². The Balaban J connectivity index is 2.40. The van der Waals surface area contributed by atoms with Gasteiger partial charge in [-0.15, -0.1) is 0 Å². The molecule has 0 atom stereocenters. The first-order valence-corrected chi connectivity index (χ1v) is 5.15. The van der Waals surface area contributed by atoms with E-state index in [4.69, 9.17) is 0 Å². The Hall–Kier alpha value is -0.990. The number of carbonyl (C=O) groups excluding carboxylic acids is 1. The molecule has 0 aromatic heterocycles. The summed E-state index contributed by atoms with van der Waals surface area (Å²) >= 11 is 1.19. The number of aliphatic imine (C=N–C) groups is 1. The third kappa shape index (κ3) is 4.30. The Morgan fingerprint density at radius 1 is 1.71 bits per heavy atom. The highest BCUT2D eigenvalue weighted by Crippen LogP contribution is 2.08. The molecule has 5 heteroatoms. The lowest BCUT2D eigenvalue weighted by molar-refractivity contribution is 0.143. The number of rotatable bonds is 1. The van der Waals surface area contributed by atoms with Gasteiger partial charge < -0.3 is 10.4 Å². The molecule has 0 saturated carbocycles. The number of hydrogen-bond acceptors (Lipinski definition) is 4. The molecule has 14 heavy (non-hydrogen) atoms. The Bertz CT molecular complexity index is 320. The summed E-state index contributed by atoms with van der Waals surface area (Å²) in [7, 11) is 0. The smallest absolute Gasteiger partial charge is 0.284 e. The number of aliphatic hydroxyl groups is 1. The van der Waals surface area contributed by atoms with Crippen molar-refractivity contribution in [1.29, 1.82) is 0 Å². The van der Waals surface area contributed by atoms with E-state index in [1.54, 1.807) is 13.8 Å². The molecule has 1 aliphatic heterocycles. The molecule has 0 radical (unpaired) electrons. The molecule has 1 amide bonds. The third-order valence-corrected chi connectivity index (χ3v) is 2.11. The van der Waals surface area contributed by atoms with Crippen LogP contribution < -0.4 is 5.32 Å². The van der Waals surface area contributed by atoms with Crippen molar-refractivity contribution < 1.29 is 9.90 Å². The highest BCUT2D eigenvalue weighted by molar-refractivity contribution is 8.14. The zero-order chi connectivity index (χ0) is 10.6. The molecule has 1 fully saturated rings. The molecule has 0 bridgehead atoms. The fraction of sp³-hybridized carbons (Fsp3) is 0.556. The lowest BCUT2D eigenvalue weighted by Crippen LogP contribution is -2.20. The van der Waals surface area contributed by atoms with Crippen LogP contribution in [-0.4, -0.2) is 34.1 Å². The SMILES string of the molecule is CC(C)(O)C#CCN=C1CSC(=O)N1. The Labute approximate surface area is 87.2 Å². The average molecular weight is 212 g/mol. The topological polar surface area (TPSA) is 61.7 Å². The number of nitrogens with zero attached hydrogens (tertiary/aromatic N) is 1. The van der Waals surface area contributed by atoms with Crippen molar-refractivity contribution >= 4 is 22.8 Å². The summed E-state index contributed by atoms with van der Waals surface area (Å²) in [6, 6.07) is 0. The molecule has 2 N–H and O–H groups in total. The predicted octanol–water partition coefficient (Wildman–Crippen LogP) is 0.616. The lowest BCUT2D eigenvalue weighted by atomic mass is 10.1. The maximum absolute atomic E-state index is 10.7. The molecule has 1 heterocycles. The molecule has 0 aromatic rings. The molecule has 4 nitrogen and oxygen atoms in total. The number of nitrogens with one attached hydrogen (secondary N) is 1. The molecular formula is C9H12N2O2S. The number of hydrogen-bond donors (Lipinski definition) is 2. The van der Waals surface area contributed by atoms with Crippen LogP contribution in [0.1, 0.15) is 13.8 Å². The van der Waals surface area contributed by atoms with Crippen molar-refractivity contribution in [2.75, 3.05) is 12.3 Å². The Kier molecular flexibility index (Phi) is 3.55. The number of amidine groups is 1. The number of amides is 1. The zero-order valence-corrected chi connectivity index (χ0v) is 8.94. The van der Waals surface area contributed by atoms with Gasteiger partial charge in [-0.25, -0.2) is 0 Å². The predicted molar refractivity (Wildman–Crippen MR) is 57.4 cm³/mol. The summed E-state index contributed by atoms with van der Waals surface area (Å²) in [5, 5.41) is 11.8. The first-order chi connectivity index (χ1) is 6.47. The quantitative estimate of drug-likeness (QED) is 0.626. The third-order valence-electron chi connectivity index (χ3n) is 1.33. The van der Waals surface area contributed by atoms with Crippen LogP contribution in [0.2, 0.25) is 0 Å². The molecule has 0 spiro atoms. The fourth-order valence-corrected chi connectivity index (χ4v) is 1.42. The maximum Gasteiger partial charge on any atom is 0.284 e. The first-order valence-electron chi connectivity index (χ1n) is 4.17. The first kappa shape index (κ1) is 11.1. The molecule has 0 unspecified atom stereocenters. The standard InChI is InChI=1S/C9H12N2O2S/c1-9(2,13)4-3-5-10-7-6-14-8(12)11-7/h13H,5-6H2,1-2H3,(H,10,11,12). The normalized spacial score (nSPS) is 19.1. The Morgan fingerprint density at radius 2 is 2.43 bits per heavy atom. The van der Waals surface area contributed by atoms with Gasteiger partial charge >= 0.3 is 0 Å². The largest absolute Gasteiger partial charge is 0.378 e. The second-order valence-electron chi connectivity index (χ2n) is 3.32. The summed E-state index contributed by atoms with van der Waals surface area (Å²) in [6.45, 7) is 3.53. The van der Waals surface area contributed by atoms with E-state index in [0.29, 0.717) is 18.1 Å². The summed E-state index contributed by atoms with van der Waals surface area (Å²) in [5.74, 6) is 6.60. The van der Waals surface area contributed by atoms with Crippen molar-refractivity contribution in [3.63, 3.8) is 0 Å². The van der Waals surface area contributed by atoms with Crippen molar-refractivity contribution in [3.05, 3.63) is 0 Å². The van der Waals surface area contributed by atoms with Gasteiger partial charge in [0.15, 0.2) is 0 Å². The van der Waals surface area contributed by atoms with E-state index in [-0.39, 0.29) is 5.24 Å². The lowest BCUT2D eigenvalue weighted by Gasteiger charge is -2.05. The van der Waals surface area contributed by atoms with Crippen LogP contribution in [0.3, 0.4) is 0 Å². The molecule has 1 saturated heterocycles. The van der Waals surface area contributed by atoms with Crippen LogP contribution >= 0.6 is 11.8 Å². The second kappa shape index (κ2) is 4.49. The molecule has 0 aromatic carbocycles.